The molecule has 0 saturated heterocycles. The lowest BCUT2D eigenvalue weighted by Crippen LogP contribution is -2.09. The van der Waals surface area contributed by atoms with Crippen molar-refractivity contribution < 1.29 is 4.21 Å². The number of hydrogen-bond donors (Lipinski definition) is 0. The molecule has 0 saturated carbocycles. The van der Waals surface area contributed by atoms with Gasteiger partial charge in [-0.25, -0.2) is 4.68 Å². The second kappa shape index (κ2) is 7.03. The Balaban J connectivity index is 2.05. The van der Waals surface area contributed by atoms with Crippen molar-refractivity contribution in [1.82, 2.24) is 9.78 Å². The van der Waals surface area contributed by atoms with Crippen molar-refractivity contribution in [3.63, 3.8) is 0 Å². The van der Waals surface area contributed by atoms with Crippen LogP contribution in [0.1, 0.15) is 37.2 Å². The first kappa shape index (κ1) is 16.0. The summed E-state index contributed by atoms with van der Waals surface area (Å²) in [4.78, 5) is 0. The minimum Gasteiger partial charge on any atom is -0.259 e. The van der Waals surface area contributed by atoms with Crippen LogP contribution in [0.5, 0.6) is 0 Å². The van der Waals surface area contributed by atoms with Crippen molar-refractivity contribution in [2.24, 2.45) is 5.92 Å². The van der Waals surface area contributed by atoms with Gasteiger partial charge in [0.1, 0.15) is 0 Å². The molecule has 1 aromatic heterocycles. The third-order valence-electron chi connectivity index (χ3n) is 3.69. The van der Waals surface area contributed by atoms with Crippen molar-refractivity contribution in [3.8, 4) is 5.69 Å². The number of rotatable bonds is 6. The largest absolute Gasteiger partial charge is 0.259 e. The SMILES string of the molecule is CC[C@H](C)C[S@](=O)Cc1ccc(-n2nc(C)cc2C)cc1. The van der Waals surface area contributed by atoms with E-state index in [0.717, 1.165) is 34.8 Å². The average molecular weight is 304 g/mol. The Hall–Kier alpha value is -1.42. The Morgan fingerprint density at radius 2 is 1.90 bits per heavy atom. The van der Waals surface area contributed by atoms with Crippen LogP contribution in [0.15, 0.2) is 30.3 Å². The van der Waals surface area contributed by atoms with Gasteiger partial charge >= 0.3 is 0 Å². The molecule has 1 aromatic carbocycles. The van der Waals surface area contributed by atoms with Crippen molar-refractivity contribution in [3.05, 3.63) is 47.3 Å². The lowest BCUT2D eigenvalue weighted by atomic mass is 10.2. The first-order valence-corrected chi connectivity index (χ1v) is 8.96. The molecule has 4 heteroatoms. The van der Waals surface area contributed by atoms with E-state index in [0.29, 0.717) is 11.7 Å². The summed E-state index contributed by atoms with van der Waals surface area (Å²) in [5.74, 6) is 1.96. The fraction of sp³-hybridized carbons (Fsp3) is 0.471. The minimum atomic E-state index is -0.775. The molecule has 3 nitrogen and oxygen atoms in total. The third kappa shape index (κ3) is 4.27. The highest BCUT2D eigenvalue weighted by molar-refractivity contribution is 7.84. The maximum absolute atomic E-state index is 12.1. The third-order valence-corrected chi connectivity index (χ3v) is 5.28. The number of aromatic nitrogens is 2. The van der Waals surface area contributed by atoms with Gasteiger partial charge in [-0.05, 0) is 43.5 Å². The maximum Gasteiger partial charge on any atom is 0.0648 e. The molecule has 1 heterocycles. The molecule has 21 heavy (non-hydrogen) atoms. The predicted octanol–water partition coefficient (Wildman–Crippen LogP) is 3.78. The molecule has 0 amide bonds. The molecule has 0 aliphatic carbocycles. The van der Waals surface area contributed by atoms with Crippen LogP contribution in [0.4, 0.5) is 0 Å². The summed E-state index contributed by atoms with van der Waals surface area (Å²) >= 11 is 0. The van der Waals surface area contributed by atoms with Gasteiger partial charge in [-0.3, -0.25) is 4.21 Å². The van der Waals surface area contributed by atoms with Crippen molar-refractivity contribution in [2.75, 3.05) is 5.75 Å². The zero-order valence-corrected chi connectivity index (χ0v) is 14.1. The number of aryl methyl sites for hydroxylation is 2. The molecule has 0 fully saturated rings. The molecule has 0 N–H and O–H groups in total. The van der Waals surface area contributed by atoms with Crippen LogP contribution >= 0.6 is 0 Å². The second-order valence-electron chi connectivity index (χ2n) is 5.77. The highest BCUT2D eigenvalue weighted by atomic mass is 32.2. The quantitative estimate of drug-likeness (QED) is 0.814. The molecule has 0 bridgehead atoms. The van der Waals surface area contributed by atoms with Crippen molar-refractivity contribution >= 4 is 10.8 Å². The van der Waals surface area contributed by atoms with Crippen molar-refractivity contribution in [1.29, 1.82) is 0 Å². The van der Waals surface area contributed by atoms with Gasteiger partial charge in [0.05, 0.1) is 11.4 Å². The molecule has 2 rings (SSSR count). The molecule has 0 unspecified atom stereocenters. The van der Waals surface area contributed by atoms with Crippen LogP contribution in [0.2, 0.25) is 0 Å². The molecule has 0 aliphatic heterocycles. The molecule has 0 spiro atoms. The highest BCUT2D eigenvalue weighted by Crippen LogP contribution is 2.15. The van der Waals surface area contributed by atoms with Gasteiger partial charge in [0.15, 0.2) is 0 Å². The Morgan fingerprint density at radius 1 is 1.24 bits per heavy atom. The van der Waals surface area contributed by atoms with Gasteiger partial charge in [0.25, 0.3) is 0 Å². The molecule has 2 atom stereocenters. The van der Waals surface area contributed by atoms with Crippen LogP contribution in [0.3, 0.4) is 0 Å². The first-order valence-electron chi connectivity index (χ1n) is 7.47. The predicted molar refractivity (Wildman–Crippen MR) is 89.2 cm³/mol. The van der Waals surface area contributed by atoms with Crippen LogP contribution in [0.25, 0.3) is 5.69 Å². The Morgan fingerprint density at radius 3 is 2.43 bits per heavy atom. The molecule has 114 valence electrons. The molecular weight excluding hydrogens is 280 g/mol. The van der Waals surface area contributed by atoms with Crippen LogP contribution < -0.4 is 0 Å². The number of benzene rings is 1. The van der Waals surface area contributed by atoms with E-state index >= 15 is 0 Å². The normalized spacial score (nSPS) is 14.1. The monoisotopic (exact) mass is 304 g/mol. The van der Waals surface area contributed by atoms with E-state index in [-0.39, 0.29) is 0 Å². The summed E-state index contributed by atoms with van der Waals surface area (Å²) in [5, 5.41) is 4.48. The van der Waals surface area contributed by atoms with Gasteiger partial charge in [0, 0.05) is 28.0 Å². The van der Waals surface area contributed by atoms with E-state index in [1.165, 1.54) is 0 Å². The van der Waals surface area contributed by atoms with Gasteiger partial charge in [-0.2, -0.15) is 5.10 Å². The molecule has 2 aromatic rings. The lowest BCUT2D eigenvalue weighted by molar-refractivity contribution is 0.615. The Kier molecular flexibility index (Phi) is 5.34. The van der Waals surface area contributed by atoms with Gasteiger partial charge in [-0.15, -0.1) is 0 Å². The van der Waals surface area contributed by atoms with E-state index in [2.05, 4.69) is 56.2 Å². The standard InChI is InChI=1S/C17H24N2OS/c1-5-13(2)11-21(20)12-16-6-8-17(9-7-16)19-15(4)10-14(3)18-19/h6-10,13H,5,11-12H2,1-4H3/t13-,21-/m0/s1. The molecular formula is C17H24N2OS. The summed E-state index contributed by atoms with van der Waals surface area (Å²) < 4.78 is 14.0. The topological polar surface area (TPSA) is 34.9 Å². The summed E-state index contributed by atoms with van der Waals surface area (Å²) in [5.41, 5.74) is 4.32. The van der Waals surface area contributed by atoms with Crippen LogP contribution in [-0.4, -0.2) is 19.7 Å². The fourth-order valence-corrected chi connectivity index (χ4v) is 3.86. The van der Waals surface area contributed by atoms with E-state index in [1.54, 1.807) is 0 Å². The number of nitrogens with zero attached hydrogens (tertiary/aromatic N) is 2. The zero-order valence-electron chi connectivity index (χ0n) is 13.3. The summed E-state index contributed by atoms with van der Waals surface area (Å²) in [6, 6.07) is 10.3. The first-order chi connectivity index (χ1) is 9.99. The fourth-order valence-electron chi connectivity index (χ4n) is 2.30. The van der Waals surface area contributed by atoms with Crippen LogP contribution in [-0.2, 0) is 16.6 Å². The molecule has 0 aliphatic rings. The van der Waals surface area contributed by atoms with Gasteiger partial charge < -0.3 is 0 Å². The lowest BCUT2D eigenvalue weighted by Gasteiger charge is -2.09. The average Bonchev–Trinajstić information content (AvgIpc) is 2.78. The summed E-state index contributed by atoms with van der Waals surface area (Å²) in [7, 11) is -0.775. The van der Waals surface area contributed by atoms with E-state index in [4.69, 9.17) is 0 Å². The maximum atomic E-state index is 12.1. The van der Waals surface area contributed by atoms with Gasteiger partial charge in [0.2, 0.25) is 0 Å². The van der Waals surface area contributed by atoms with E-state index in [9.17, 15) is 4.21 Å². The minimum absolute atomic E-state index is 0.528. The highest BCUT2D eigenvalue weighted by Gasteiger charge is 2.08. The Labute approximate surface area is 129 Å². The van der Waals surface area contributed by atoms with E-state index < -0.39 is 10.8 Å². The summed E-state index contributed by atoms with van der Waals surface area (Å²) in [6.07, 6.45) is 1.09. The van der Waals surface area contributed by atoms with Crippen molar-refractivity contribution in [2.45, 2.75) is 39.9 Å². The smallest absolute Gasteiger partial charge is 0.0648 e. The van der Waals surface area contributed by atoms with E-state index in [1.807, 2.05) is 11.6 Å². The number of hydrogen-bond acceptors (Lipinski definition) is 2. The van der Waals surface area contributed by atoms with Gasteiger partial charge in [-0.1, -0.05) is 32.4 Å². The molecule has 0 radical (unpaired) electrons. The second-order valence-corrected chi connectivity index (χ2v) is 7.27. The summed E-state index contributed by atoms with van der Waals surface area (Å²) in [6.45, 7) is 8.35. The Bertz CT molecular complexity index is 616. The van der Waals surface area contributed by atoms with Crippen LogP contribution in [0, 0.1) is 19.8 Å². The zero-order chi connectivity index (χ0) is 15.4.